The SMILES string of the molecule is CCOC(=O)C1=C(C)N=c2s/c(=C/c3cccc(Cl)c3)c(=O)n2C1c1ccc(Cl)cc1. The van der Waals surface area contributed by atoms with E-state index in [1.807, 2.05) is 12.1 Å². The number of hydrogen-bond acceptors (Lipinski definition) is 5. The van der Waals surface area contributed by atoms with E-state index in [2.05, 4.69) is 4.99 Å². The van der Waals surface area contributed by atoms with E-state index in [1.165, 1.54) is 11.3 Å². The van der Waals surface area contributed by atoms with Crippen LogP contribution in [0.2, 0.25) is 10.0 Å². The maximum Gasteiger partial charge on any atom is 0.338 e. The molecular weight excluding hydrogens is 455 g/mol. The molecule has 3 aromatic rings. The van der Waals surface area contributed by atoms with Gasteiger partial charge in [-0.3, -0.25) is 9.36 Å². The Morgan fingerprint density at radius 1 is 1.19 bits per heavy atom. The Morgan fingerprint density at radius 2 is 1.94 bits per heavy atom. The lowest BCUT2D eigenvalue weighted by molar-refractivity contribution is -0.139. The molecule has 0 fully saturated rings. The molecule has 1 aliphatic rings. The van der Waals surface area contributed by atoms with Crippen LogP contribution in [0.15, 0.2) is 69.6 Å². The Hall–Kier alpha value is -2.67. The Morgan fingerprint density at radius 3 is 2.61 bits per heavy atom. The molecule has 0 N–H and O–H groups in total. The van der Waals surface area contributed by atoms with Crippen LogP contribution < -0.4 is 14.9 Å². The summed E-state index contributed by atoms with van der Waals surface area (Å²) in [6, 6.07) is 13.7. The lowest BCUT2D eigenvalue weighted by atomic mass is 9.96. The number of fused-ring (bicyclic) bond motifs is 1. The van der Waals surface area contributed by atoms with Crippen molar-refractivity contribution in [2.75, 3.05) is 6.61 Å². The minimum Gasteiger partial charge on any atom is -0.463 e. The number of esters is 1. The number of aromatic nitrogens is 1. The van der Waals surface area contributed by atoms with Crippen molar-refractivity contribution in [2.45, 2.75) is 19.9 Å². The van der Waals surface area contributed by atoms with Crippen LogP contribution in [-0.4, -0.2) is 17.1 Å². The number of carbonyl (C=O) groups excluding carboxylic acids is 1. The summed E-state index contributed by atoms with van der Waals surface area (Å²) < 4.78 is 7.32. The lowest BCUT2D eigenvalue weighted by Gasteiger charge is -2.24. The van der Waals surface area contributed by atoms with Crippen molar-refractivity contribution < 1.29 is 9.53 Å². The van der Waals surface area contributed by atoms with E-state index < -0.39 is 12.0 Å². The standard InChI is InChI=1S/C23H18Cl2N2O3S/c1-3-30-22(29)19-13(2)26-23-27(20(19)15-7-9-16(24)10-8-15)21(28)18(31-23)12-14-5-4-6-17(25)11-14/h4-12,20H,3H2,1-2H3/b18-12+. The third-order valence-electron chi connectivity index (χ3n) is 4.85. The zero-order valence-electron chi connectivity index (χ0n) is 16.8. The highest BCUT2D eigenvalue weighted by Crippen LogP contribution is 2.31. The van der Waals surface area contributed by atoms with Crippen LogP contribution in [0.1, 0.15) is 31.0 Å². The van der Waals surface area contributed by atoms with E-state index in [1.54, 1.807) is 60.9 Å². The molecule has 0 spiro atoms. The second kappa shape index (κ2) is 8.83. The van der Waals surface area contributed by atoms with Crippen molar-refractivity contribution in [3.05, 3.63) is 101 Å². The van der Waals surface area contributed by atoms with Crippen LogP contribution in [0.25, 0.3) is 6.08 Å². The van der Waals surface area contributed by atoms with E-state index >= 15 is 0 Å². The van der Waals surface area contributed by atoms with Gasteiger partial charge < -0.3 is 4.74 Å². The highest BCUT2D eigenvalue weighted by atomic mass is 35.5. The maximum absolute atomic E-state index is 13.4. The van der Waals surface area contributed by atoms with Crippen LogP contribution in [-0.2, 0) is 9.53 Å². The van der Waals surface area contributed by atoms with Crippen molar-refractivity contribution in [3.8, 4) is 0 Å². The largest absolute Gasteiger partial charge is 0.463 e. The van der Waals surface area contributed by atoms with Crippen molar-refractivity contribution in [1.29, 1.82) is 0 Å². The summed E-state index contributed by atoms with van der Waals surface area (Å²) in [5, 5.41) is 1.15. The number of nitrogens with zero attached hydrogens (tertiary/aromatic N) is 2. The highest BCUT2D eigenvalue weighted by molar-refractivity contribution is 7.07. The maximum atomic E-state index is 13.4. The van der Waals surface area contributed by atoms with Gasteiger partial charge in [-0.1, -0.05) is 58.8 Å². The van der Waals surface area contributed by atoms with E-state index in [-0.39, 0.29) is 12.2 Å². The van der Waals surface area contributed by atoms with Crippen molar-refractivity contribution in [3.63, 3.8) is 0 Å². The third-order valence-corrected chi connectivity index (χ3v) is 6.32. The van der Waals surface area contributed by atoms with Gasteiger partial charge >= 0.3 is 5.97 Å². The van der Waals surface area contributed by atoms with Gasteiger partial charge in [-0.2, -0.15) is 0 Å². The van der Waals surface area contributed by atoms with Gasteiger partial charge in [-0.05, 0) is 55.3 Å². The van der Waals surface area contributed by atoms with Crippen molar-refractivity contribution >= 4 is 46.6 Å². The van der Waals surface area contributed by atoms with E-state index in [4.69, 9.17) is 27.9 Å². The number of carbonyl (C=O) groups is 1. The summed E-state index contributed by atoms with van der Waals surface area (Å²) in [5.41, 5.74) is 2.18. The molecule has 8 heteroatoms. The predicted molar refractivity (Wildman–Crippen MR) is 123 cm³/mol. The predicted octanol–water partition coefficient (Wildman–Crippen LogP) is 4.11. The van der Waals surface area contributed by atoms with Gasteiger partial charge in [0.25, 0.3) is 5.56 Å². The van der Waals surface area contributed by atoms with Crippen LogP contribution in [0.4, 0.5) is 0 Å². The van der Waals surface area contributed by atoms with Crippen LogP contribution in [0.3, 0.4) is 0 Å². The monoisotopic (exact) mass is 472 g/mol. The summed E-state index contributed by atoms with van der Waals surface area (Å²) in [6.07, 6.45) is 1.78. The Bertz CT molecular complexity index is 1370. The fourth-order valence-corrected chi connectivity index (χ4v) is 4.87. The van der Waals surface area contributed by atoms with Crippen LogP contribution >= 0.6 is 34.5 Å². The number of rotatable bonds is 4. The first kappa shape index (κ1) is 21.6. The third kappa shape index (κ3) is 4.24. The molecule has 5 nitrogen and oxygen atoms in total. The molecule has 1 aliphatic heterocycles. The normalized spacial score (nSPS) is 16.1. The first-order valence-corrected chi connectivity index (χ1v) is 11.2. The molecule has 0 bridgehead atoms. The second-order valence-corrected chi connectivity index (χ2v) is 8.79. The number of hydrogen-bond donors (Lipinski definition) is 0. The molecule has 1 aromatic heterocycles. The molecule has 4 rings (SSSR count). The summed E-state index contributed by atoms with van der Waals surface area (Å²) in [7, 11) is 0. The zero-order chi connectivity index (χ0) is 22.1. The second-order valence-electron chi connectivity index (χ2n) is 6.91. The quantitative estimate of drug-likeness (QED) is 0.536. The molecule has 2 heterocycles. The first-order chi connectivity index (χ1) is 14.9. The fourth-order valence-electron chi connectivity index (χ4n) is 3.50. The Kier molecular flexibility index (Phi) is 6.14. The number of allylic oxidation sites excluding steroid dienone is 1. The molecule has 2 aromatic carbocycles. The minimum atomic E-state index is -0.658. The summed E-state index contributed by atoms with van der Waals surface area (Å²) in [6.45, 7) is 3.72. The van der Waals surface area contributed by atoms with Gasteiger partial charge in [0.05, 0.1) is 28.5 Å². The summed E-state index contributed by atoms with van der Waals surface area (Å²) in [4.78, 5) is 31.3. The Balaban J connectivity index is 1.96. The van der Waals surface area contributed by atoms with Gasteiger partial charge in [0.15, 0.2) is 4.80 Å². The molecule has 158 valence electrons. The summed E-state index contributed by atoms with van der Waals surface area (Å²) in [5.74, 6) is -0.493. The molecule has 0 saturated heterocycles. The molecular formula is C23H18Cl2N2O3S. The number of benzene rings is 2. The van der Waals surface area contributed by atoms with Crippen LogP contribution in [0.5, 0.6) is 0 Å². The van der Waals surface area contributed by atoms with Gasteiger partial charge in [0.2, 0.25) is 0 Å². The number of thiazole rings is 1. The lowest BCUT2D eigenvalue weighted by Crippen LogP contribution is -2.39. The van der Waals surface area contributed by atoms with Crippen molar-refractivity contribution in [1.82, 2.24) is 4.57 Å². The van der Waals surface area contributed by atoms with E-state index in [9.17, 15) is 9.59 Å². The number of ether oxygens (including phenoxy) is 1. The minimum absolute atomic E-state index is 0.224. The summed E-state index contributed by atoms with van der Waals surface area (Å²) >= 11 is 13.4. The molecule has 31 heavy (non-hydrogen) atoms. The smallest absolute Gasteiger partial charge is 0.338 e. The van der Waals surface area contributed by atoms with Gasteiger partial charge in [-0.25, -0.2) is 9.79 Å². The molecule has 0 aliphatic carbocycles. The van der Waals surface area contributed by atoms with Gasteiger partial charge in [0.1, 0.15) is 0 Å². The van der Waals surface area contributed by atoms with E-state index in [0.717, 1.165) is 11.1 Å². The number of halogens is 2. The van der Waals surface area contributed by atoms with Crippen LogP contribution in [0, 0.1) is 0 Å². The van der Waals surface area contributed by atoms with E-state index in [0.29, 0.717) is 30.6 Å². The topological polar surface area (TPSA) is 60.7 Å². The zero-order valence-corrected chi connectivity index (χ0v) is 19.1. The van der Waals surface area contributed by atoms with Gasteiger partial charge in [0, 0.05) is 10.0 Å². The average Bonchev–Trinajstić information content (AvgIpc) is 3.02. The molecule has 1 unspecified atom stereocenters. The fraction of sp³-hybridized carbons (Fsp3) is 0.174. The Labute approximate surface area is 192 Å². The molecule has 0 amide bonds. The average molecular weight is 473 g/mol. The molecule has 0 saturated carbocycles. The first-order valence-electron chi connectivity index (χ1n) is 9.59. The molecule has 0 radical (unpaired) electrons. The van der Waals surface area contributed by atoms with Gasteiger partial charge in [-0.15, -0.1) is 0 Å². The molecule has 1 atom stereocenters. The van der Waals surface area contributed by atoms with Crippen molar-refractivity contribution in [2.24, 2.45) is 4.99 Å². The highest BCUT2D eigenvalue weighted by Gasteiger charge is 2.33.